The van der Waals surface area contributed by atoms with Crippen molar-refractivity contribution in [2.75, 3.05) is 4.90 Å². The van der Waals surface area contributed by atoms with Gasteiger partial charge in [0.05, 0.1) is 0 Å². The zero-order chi connectivity index (χ0) is 32.3. The van der Waals surface area contributed by atoms with Crippen LogP contribution < -0.4 is 4.90 Å². The summed E-state index contributed by atoms with van der Waals surface area (Å²) in [6.07, 6.45) is 0. The van der Waals surface area contributed by atoms with Gasteiger partial charge in [0.25, 0.3) is 0 Å². The third kappa shape index (κ3) is 4.55. The van der Waals surface area contributed by atoms with Crippen LogP contribution in [0.15, 0.2) is 182 Å². The Morgan fingerprint density at radius 1 is 0.388 bits per heavy atom. The third-order valence-electron chi connectivity index (χ3n) is 9.74. The number of aromatic nitrogens is 1. The van der Waals surface area contributed by atoms with Gasteiger partial charge in [-0.15, -0.1) is 0 Å². The molecule has 3 heteroatoms. The topological polar surface area (TPSA) is 8.17 Å². The van der Waals surface area contributed by atoms with E-state index in [1.807, 2.05) is 0 Å². The second-order valence-electron chi connectivity index (χ2n) is 12.6. The minimum absolute atomic E-state index is 0.262. The number of nitrogens with zero attached hydrogens (tertiary/aromatic N) is 2. The number of rotatable bonds is 5. The predicted molar refractivity (Wildman–Crippen MR) is 210 cm³/mol. The van der Waals surface area contributed by atoms with Gasteiger partial charge in [0.2, 0.25) is 0 Å². The van der Waals surface area contributed by atoms with Crippen LogP contribution in [-0.2, 0) is 0 Å². The van der Waals surface area contributed by atoms with Crippen LogP contribution in [0.5, 0.6) is 0 Å². The Balaban J connectivity index is 1.30. The van der Waals surface area contributed by atoms with Crippen molar-refractivity contribution in [3.63, 3.8) is 0 Å². The van der Waals surface area contributed by atoms with E-state index in [2.05, 4.69) is 191 Å². The normalized spacial score (nSPS) is 11.7. The Morgan fingerprint density at radius 3 is 1.86 bits per heavy atom. The standard InChI is InChI=1S/C46H30N2Se/c1-3-14-31(15-4-1)32-16-13-19-34(28-32)47(44-30-41-39-22-10-12-25-45(39)49-46(41)40-23-8-7-21-37(40)44)35-26-27-38-36-20-9-11-24-42(36)48(43(38)29-35)33-17-5-2-6-18-33/h1-30H. The maximum absolute atomic E-state index is 2.48. The zero-order valence-electron chi connectivity index (χ0n) is 26.6. The first-order valence-corrected chi connectivity index (χ1v) is 18.4. The number of hydrogen-bond acceptors (Lipinski definition) is 1. The van der Waals surface area contributed by atoms with Gasteiger partial charge in [-0.25, -0.2) is 0 Å². The maximum atomic E-state index is 2.48. The van der Waals surface area contributed by atoms with Crippen molar-refractivity contribution in [2.45, 2.75) is 0 Å². The summed E-state index contributed by atoms with van der Waals surface area (Å²) in [5.74, 6) is 0. The minimum atomic E-state index is 0.262. The molecule has 2 heterocycles. The summed E-state index contributed by atoms with van der Waals surface area (Å²) in [7, 11) is 0. The Kier molecular flexibility index (Phi) is 6.55. The van der Waals surface area contributed by atoms with Gasteiger partial charge in [-0.05, 0) is 0 Å². The molecule has 0 saturated heterocycles. The molecule has 230 valence electrons. The SMILES string of the molecule is c1ccc(-c2cccc(N(c3ccc4c5ccccc5n(-c5ccccc5)c4c3)c3cc4c5ccccc5[se]c4c4ccccc34)c2)cc1. The van der Waals surface area contributed by atoms with E-state index in [9.17, 15) is 0 Å². The molecule has 0 amide bonds. The summed E-state index contributed by atoms with van der Waals surface area (Å²) >= 11 is 0.262. The van der Waals surface area contributed by atoms with Gasteiger partial charge in [0, 0.05) is 0 Å². The van der Waals surface area contributed by atoms with Crippen molar-refractivity contribution in [2.24, 2.45) is 0 Å². The van der Waals surface area contributed by atoms with Crippen LogP contribution in [-0.4, -0.2) is 19.1 Å². The molecule has 8 aromatic carbocycles. The van der Waals surface area contributed by atoms with E-state index in [4.69, 9.17) is 0 Å². The fraction of sp³-hybridized carbons (Fsp3) is 0. The summed E-state index contributed by atoms with van der Waals surface area (Å²) in [6.45, 7) is 0. The first kappa shape index (κ1) is 28.2. The van der Waals surface area contributed by atoms with Crippen LogP contribution in [0.3, 0.4) is 0 Å². The molecule has 2 aromatic heterocycles. The van der Waals surface area contributed by atoms with Crippen molar-refractivity contribution >= 4 is 83.4 Å². The van der Waals surface area contributed by atoms with Gasteiger partial charge in [0.1, 0.15) is 0 Å². The molecule has 2 nitrogen and oxygen atoms in total. The summed E-state index contributed by atoms with van der Waals surface area (Å²) < 4.78 is 5.34. The Bertz CT molecular complexity index is 2830. The predicted octanol–water partition coefficient (Wildman–Crippen LogP) is 12.4. The van der Waals surface area contributed by atoms with Gasteiger partial charge in [-0.2, -0.15) is 0 Å². The molecule has 0 N–H and O–H groups in total. The number of hydrogen-bond donors (Lipinski definition) is 0. The van der Waals surface area contributed by atoms with Crippen LogP contribution >= 0.6 is 0 Å². The molecule has 0 aliphatic rings. The summed E-state index contributed by atoms with van der Waals surface area (Å²) in [4.78, 5) is 2.48. The molecule has 0 bridgehead atoms. The molecular formula is C46H30N2Se. The number of benzene rings is 8. The van der Waals surface area contributed by atoms with E-state index in [0.717, 1.165) is 17.1 Å². The van der Waals surface area contributed by atoms with Crippen LogP contribution in [0.2, 0.25) is 0 Å². The van der Waals surface area contributed by atoms with E-state index in [1.165, 1.54) is 68.7 Å². The quantitative estimate of drug-likeness (QED) is 0.163. The molecule has 0 fully saturated rings. The molecule has 0 aliphatic heterocycles. The van der Waals surface area contributed by atoms with Crippen molar-refractivity contribution < 1.29 is 0 Å². The molecule has 10 rings (SSSR count). The second-order valence-corrected chi connectivity index (χ2v) is 14.8. The van der Waals surface area contributed by atoms with Gasteiger partial charge in [-0.3, -0.25) is 0 Å². The Morgan fingerprint density at radius 2 is 1.02 bits per heavy atom. The monoisotopic (exact) mass is 690 g/mol. The number of fused-ring (bicyclic) bond motifs is 8. The van der Waals surface area contributed by atoms with Crippen LogP contribution in [0.1, 0.15) is 0 Å². The number of anilines is 3. The van der Waals surface area contributed by atoms with Gasteiger partial charge in [0.15, 0.2) is 0 Å². The van der Waals surface area contributed by atoms with E-state index in [1.54, 1.807) is 0 Å². The van der Waals surface area contributed by atoms with Crippen molar-refractivity contribution in [1.29, 1.82) is 0 Å². The van der Waals surface area contributed by atoms with E-state index >= 15 is 0 Å². The molecule has 0 atom stereocenters. The van der Waals surface area contributed by atoms with E-state index in [0.29, 0.717) is 0 Å². The van der Waals surface area contributed by atoms with Gasteiger partial charge < -0.3 is 0 Å². The van der Waals surface area contributed by atoms with Crippen LogP contribution in [0.4, 0.5) is 17.1 Å². The van der Waals surface area contributed by atoms with Crippen molar-refractivity contribution in [3.05, 3.63) is 182 Å². The molecule has 10 aromatic rings. The first-order chi connectivity index (χ1) is 24.3. The van der Waals surface area contributed by atoms with Gasteiger partial charge >= 0.3 is 286 Å². The third-order valence-corrected chi connectivity index (χ3v) is 12.3. The fourth-order valence-electron chi connectivity index (χ4n) is 7.55. The van der Waals surface area contributed by atoms with Crippen LogP contribution in [0.25, 0.3) is 68.7 Å². The summed E-state index contributed by atoms with van der Waals surface area (Å²) in [6, 6.07) is 66.6. The van der Waals surface area contributed by atoms with Crippen LogP contribution in [0, 0.1) is 0 Å². The average Bonchev–Trinajstić information content (AvgIpc) is 3.71. The molecular weight excluding hydrogens is 659 g/mol. The second kappa shape index (κ2) is 11.4. The van der Waals surface area contributed by atoms with Gasteiger partial charge in [-0.1, -0.05) is 6.07 Å². The number of para-hydroxylation sites is 2. The molecule has 0 unspecified atom stereocenters. The van der Waals surface area contributed by atoms with E-state index in [-0.39, 0.29) is 14.5 Å². The molecule has 49 heavy (non-hydrogen) atoms. The molecule has 0 radical (unpaired) electrons. The zero-order valence-corrected chi connectivity index (χ0v) is 28.3. The van der Waals surface area contributed by atoms with Crippen molar-refractivity contribution in [1.82, 2.24) is 4.57 Å². The Hall–Kier alpha value is -5.86. The first-order valence-electron chi connectivity index (χ1n) is 16.7. The summed E-state index contributed by atoms with van der Waals surface area (Å²) in [5.41, 5.74) is 9.40. The molecule has 0 spiro atoms. The van der Waals surface area contributed by atoms with E-state index < -0.39 is 0 Å². The Labute approximate surface area is 290 Å². The molecule has 0 aliphatic carbocycles. The molecule has 0 saturated carbocycles. The average molecular weight is 690 g/mol. The fourth-order valence-corrected chi connectivity index (χ4v) is 10.1. The van der Waals surface area contributed by atoms with Crippen molar-refractivity contribution in [3.8, 4) is 16.8 Å². The summed E-state index contributed by atoms with van der Waals surface area (Å²) in [5, 5.41) is 7.83.